The molecule has 0 aromatic carbocycles. The molecule has 6 heterocycles. The maximum absolute atomic E-state index is 14.3. The molecule has 3 aliphatic rings. The normalized spacial score (nSPS) is 22.4. The summed E-state index contributed by atoms with van der Waals surface area (Å²) < 4.78 is 53.6. The minimum Gasteiger partial charge on any atom is -0.494 e. The van der Waals surface area contributed by atoms with Gasteiger partial charge >= 0.3 is 6.18 Å². The maximum atomic E-state index is 14.3. The summed E-state index contributed by atoms with van der Waals surface area (Å²) in [5.74, 6) is -0.0258. The van der Waals surface area contributed by atoms with Crippen molar-refractivity contribution < 1.29 is 27.4 Å². The minimum atomic E-state index is -4.61. The first-order valence-corrected chi connectivity index (χ1v) is 14.7. The zero-order chi connectivity index (χ0) is 30.4. The molecule has 9 nitrogen and oxygen atoms in total. The lowest BCUT2D eigenvalue weighted by molar-refractivity contribution is -0.138. The summed E-state index contributed by atoms with van der Waals surface area (Å²) in [5.41, 5.74) is 1.27. The first kappa shape index (κ1) is 29.2. The van der Waals surface area contributed by atoms with Crippen molar-refractivity contribution in [3.05, 3.63) is 59.7 Å². The van der Waals surface area contributed by atoms with Gasteiger partial charge in [-0.1, -0.05) is 19.4 Å². The number of rotatable bonds is 7. The van der Waals surface area contributed by atoms with Gasteiger partial charge < -0.3 is 24.6 Å². The number of aromatic nitrogens is 3. The highest BCUT2D eigenvalue weighted by Crippen LogP contribution is 2.50. The third kappa shape index (κ3) is 4.95. The average Bonchev–Trinajstić information content (AvgIpc) is 2.98. The van der Waals surface area contributed by atoms with Crippen LogP contribution in [0.1, 0.15) is 48.3 Å². The van der Waals surface area contributed by atoms with Gasteiger partial charge in [-0.25, -0.2) is 9.97 Å². The minimum absolute atomic E-state index is 0.0146. The number of anilines is 1. The second-order valence-corrected chi connectivity index (χ2v) is 11.3. The second-order valence-electron chi connectivity index (χ2n) is 11.3. The van der Waals surface area contributed by atoms with Crippen molar-refractivity contribution >= 4 is 11.6 Å². The molecule has 3 aromatic rings. The molecule has 3 aliphatic heterocycles. The Morgan fingerprint density at radius 1 is 1.16 bits per heavy atom. The molecule has 0 aliphatic carbocycles. The van der Waals surface area contributed by atoms with Crippen LogP contribution in [0.2, 0.25) is 0 Å². The summed E-state index contributed by atoms with van der Waals surface area (Å²) in [5, 5.41) is 3.27. The van der Waals surface area contributed by atoms with Crippen LogP contribution in [0.4, 0.5) is 18.9 Å². The smallest absolute Gasteiger partial charge is 0.422 e. The van der Waals surface area contributed by atoms with Crippen LogP contribution in [0, 0.1) is 5.92 Å². The summed E-state index contributed by atoms with van der Waals surface area (Å²) in [7, 11) is 1.22. The summed E-state index contributed by atoms with van der Waals surface area (Å²) in [4.78, 5) is 31.1. The number of piperidine rings is 1. The number of carbonyl (C=O) groups is 1. The Labute approximate surface area is 248 Å². The van der Waals surface area contributed by atoms with Gasteiger partial charge in [0.15, 0.2) is 5.75 Å². The molecule has 2 unspecified atom stereocenters. The van der Waals surface area contributed by atoms with E-state index in [1.165, 1.54) is 13.3 Å². The van der Waals surface area contributed by atoms with E-state index in [0.29, 0.717) is 75.0 Å². The van der Waals surface area contributed by atoms with Crippen molar-refractivity contribution in [3.63, 3.8) is 0 Å². The molecule has 1 amide bonds. The molecule has 1 spiro atoms. The van der Waals surface area contributed by atoms with Gasteiger partial charge in [0.2, 0.25) is 5.88 Å². The van der Waals surface area contributed by atoms with Crippen LogP contribution in [0.15, 0.2) is 42.9 Å². The lowest BCUT2D eigenvalue weighted by atomic mass is 9.62. The molecule has 228 valence electrons. The highest BCUT2D eigenvalue weighted by Gasteiger charge is 2.53. The predicted molar refractivity (Wildman–Crippen MR) is 154 cm³/mol. The third-order valence-corrected chi connectivity index (χ3v) is 9.15. The van der Waals surface area contributed by atoms with Gasteiger partial charge in [0.1, 0.15) is 11.3 Å². The number of carbonyl (C=O) groups excluding carboxylic acids is 1. The Bertz CT molecular complexity index is 1510. The molecular formula is C31H35F3N6O3. The number of fused-ring (bicyclic) bond motifs is 2. The number of ether oxygens (including phenoxy) is 2. The lowest BCUT2D eigenvalue weighted by Crippen LogP contribution is -2.66. The SMILES string of the molecule is CCOc1ncccc1-c1ccc2c(n1)C(=O)N(C1CNC1)CC21CCN(c2cncc(OC)c2C(F)(F)F)CC1CC. The first-order chi connectivity index (χ1) is 20.7. The molecule has 43 heavy (non-hydrogen) atoms. The molecule has 0 radical (unpaired) electrons. The summed E-state index contributed by atoms with van der Waals surface area (Å²) in [6.45, 7) is 7.00. The molecular weight excluding hydrogens is 561 g/mol. The van der Waals surface area contributed by atoms with E-state index in [1.54, 1.807) is 17.2 Å². The van der Waals surface area contributed by atoms with Crippen LogP contribution in [0.25, 0.3) is 11.3 Å². The summed E-state index contributed by atoms with van der Waals surface area (Å²) in [6, 6.07) is 7.61. The second kappa shape index (κ2) is 11.3. The van der Waals surface area contributed by atoms with E-state index in [0.717, 1.165) is 11.8 Å². The van der Waals surface area contributed by atoms with Gasteiger partial charge in [-0.3, -0.25) is 9.78 Å². The maximum Gasteiger partial charge on any atom is 0.422 e. The number of pyridine rings is 3. The highest BCUT2D eigenvalue weighted by molar-refractivity contribution is 5.96. The van der Waals surface area contributed by atoms with Crippen LogP contribution in [-0.4, -0.2) is 78.2 Å². The van der Waals surface area contributed by atoms with Crippen LogP contribution in [0.3, 0.4) is 0 Å². The number of hydrogen-bond acceptors (Lipinski definition) is 8. The molecule has 12 heteroatoms. The number of amides is 1. The van der Waals surface area contributed by atoms with Gasteiger partial charge in [0, 0.05) is 44.3 Å². The van der Waals surface area contributed by atoms with Crippen LogP contribution >= 0.6 is 0 Å². The number of alkyl halides is 3. The highest BCUT2D eigenvalue weighted by atomic mass is 19.4. The van der Waals surface area contributed by atoms with Crippen LogP contribution < -0.4 is 19.7 Å². The lowest BCUT2D eigenvalue weighted by Gasteiger charge is -2.55. The molecule has 3 aromatic heterocycles. The monoisotopic (exact) mass is 596 g/mol. The fraction of sp³-hybridized carbons (Fsp3) is 0.484. The first-order valence-electron chi connectivity index (χ1n) is 14.7. The van der Waals surface area contributed by atoms with Crippen molar-refractivity contribution in [1.29, 1.82) is 0 Å². The van der Waals surface area contributed by atoms with Crippen LogP contribution in [0.5, 0.6) is 11.6 Å². The number of nitrogens with one attached hydrogen (secondary N) is 1. The van der Waals surface area contributed by atoms with Gasteiger partial charge in [-0.05, 0) is 43.0 Å². The van der Waals surface area contributed by atoms with E-state index >= 15 is 0 Å². The number of halogens is 3. The zero-order valence-electron chi connectivity index (χ0n) is 24.4. The summed E-state index contributed by atoms with van der Waals surface area (Å²) >= 11 is 0. The van der Waals surface area contributed by atoms with Crippen molar-refractivity contribution in [2.75, 3.05) is 51.3 Å². The van der Waals surface area contributed by atoms with E-state index in [-0.39, 0.29) is 29.3 Å². The average molecular weight is 597 g/mol. The molecule has 1 N–H and O–H groups in total. The van der Waals surface area contributed by atoms with E-state index in [2.05, 4.69) is 22.2 Å². The van der Waals surface area contributed by atoms with Crippen molar-refractivity contribution in [3.8, 4) is 22.9 Å². The van der Waals surface area contributed by atoms with Gasteiger partial charge in [-0.15, -0.1) is 0 Å². The molecule has 6 rings (SSSR count). The molecule has 2 fully saturated rings. The third-order valence-electron chi connectivity index (χ3n) is 9.15. The molecule has 0 saturated carbocycles. The molecule has 2 atom stereocenters. The summed E-state index contributed by atoms with van der Waals surface area (Å²) in [6.07, 6.45) is 0.683. The van der Waals surface area contributed by atoms with Crippen molar-refractivity contribution in [2.24, 2.45) is 5.92 Å². The fourth-order valence-corrected chi connectivity index (χ4v) is 6.88. The Balaban J connectivity index is 1.43. The molecule has 0 bridgehead atoms. The van der Waals surface area contributed by atoms with E-state index < -0.39 is 17.2 Å². The predicted octanol–water partition coefficient (Wildman–Crippen LogP) is 4.57. The quantitative estimate of drug-likeness (QED) is 0.424. The largest absolute Gasteiger partial charge is 0.494 e. The Hall–Kier alpha value is -3.93. The zero-order valence-corrected chi connectivity index (χ0v) is 24.4. The van der Waals surface area contributed by atoms with E-state index in [4.69, 9.17) is 14.5 Å². The van der Waals surface area contributed by atoms with Gasteiger partial charge in [-0.2, -0.15) is 13.2 Å². The number of hydrogen-bond donors (Lipinski definition) is 1. The van der Waals surface area contributed by atoms with Gasteiger partial charge in [0.25, 0.3) is 5.91 Å². The Kier molecular flexibility index (Phi) is 7.66. The van der Waals surface area contributed by atoms with Crippen LogP contribution in [-0.2, 0) is 11.6 Å². The Morgan fingerprint density at radius 2 is 1.98 bits per heavy atom. The fourth-order valence-electron chi connectivity index (χ4n) is 6.88. The van der Waals surface area contributed by atoms with E-state index in [1.807, 2.05) is 30.0 Å². The van der Waals surface area contributed by atoms with Crippen molar-refractivity contribution in [1.82, 2.24) is 25.2 Å². The van der Waals surface area contributed by atoms with Crippen molar-refractivity contribution in [2.45, 2.75) is 44.3 Å². The Morgan fingerprint density at radius 3 is 2.65 bits per heavy atom. The van der Waals surface area contributed by atoms with Gasteiger partial charge in [0.05, 0.1) is 49.1 Å². The number of methoxy groups -OCH3 is 1. The molecule has 2 saturated heterocycles. The standard InChI is InChI=1S/C31H35F3N6O3/c1-4-19-17-39(24-15-36-16-25(42-3)26(24)31(32,33)34)12-10-30(19)18-40(20-13-35-14-20)29(41)27-22(30)8-9-23(38-27)21-7-6-11-37-28(21)43-5-2/h6-9,11,15-16,19-20,35H,4-5,10,12-14,17-18H2,1-3H3. The van der Waals surface area contributed by atoms with E-state index in [9.17, 15) is 18.0 Å². The topological polar surface area (TPSA) is 92.7 Å². The number of nitrogens with zero attached hydrogens (tertiary/aromatic N) is 5.